The van der Waals surface area contributed by atoms with Crippen LogP contribution in [0.2, 0.25) is 0 Å². The van der Waals surface area contributed by atoms with Gasteiger partial charge in [-0.25, -0.2) is 14.8 Å². The van der Waals surface area contributed by atoms with Gasteiger partial charge in [-0.1, -0.05) is 30.3 Å². The van der Waals surface area contributed by atoms with Crippen LogP contribution in [-0.2, 0) is 25.4 Å². The average molecular weight is 424 g/mol. The normalized spacial score (nSPS) is 11.1. The van der Waals surface area contributed by atoms with Gasteiger partial charge in [-0.05, 0) is 6.42 Å². The predicted octanol–water partition coefficient (Wildman–Crippen LogP) is 1.98. The number of aromatic nitrogens is 5. The summed E-state index contributed by atoms with van der Waals surface area (Å²) in [5, 5.41) is 5.28. The Labute approximate surface area is 175 Å². The number of thiazole rings is 1. The third-order valence-electron chi connectivity index (χ3n) is 4.84. The van der Waals surface area contributed by atoms with Gasteiger partial charge in [0.1, 0.15) is 0 Å². The Morgan fingerprint density at radius 2 is 1.90 bits per heavy atom. The van der Waals surface area contributed by atoms with Gasteiger partial charge < -0.3 is 9.88 Å². The van der Waals surface area contributed by atoms with Crippen molar-refractivity contribution in [2.45, 2.75) is 19.4 Å². The maximum Gasteiger partial charge on any atom is 0.332 e. The molecule has 0 saturated heterocycles. The Kier molecular flexibility index (Phi) is 5.32. The molecule has 1 N–H and O–H groups in total. The number of nitrogens with one attached hydrogen (secondary N) is 1. The van der Waals surface area contributed by atoms with Crippen molar-refractivity contribution in [3.8, 4) is 11.3 Å². The van der Waals surface area contributed by atoms with Crippen molar-refractivity contribution >= 4 is 33.5 Å². The summed E-state index contributed by atoms with van der Waals surface area (Å²) < 4.78 is 4.08. The summed E-state index contributed by atoms with van der Waals surface area (Å²) in [7, 11) is 3.01. The van der Waals surface area contributed by atoms with E-state index >= 15 is 0 Å². The number of hydrogen-bond donors (Lipinski definition) is 1. The third-order valence-corrected chi connectivity index (χ3v) is 5.60. The molecule has 4 rings (SSSR count). The first kappa shape index (κ1) is 19.8. The van der Waals surface area contributed by atoms with E-state index in [0.29, 0.717) is 29.3 Å². The van der Waals surface area contributed by atoms with Crippen molar-refractivity contribution in [3.63, 3.8) is 0 Å². The lowest BCUT2D eigenvalue weighted by atomic mass is 10.2. The highest BCUT2D eigenvalue weighted by Gasteiger charge is 2.14. The minimum absolute atomic E-state index is 0.145. The second kappa shape index (κ2) is 8.07. The lowest BCUT2D eigenvalue weighted by Crippen LogP contribution is -2.37. The first-order valence-electron chi connectivity index (χ1n) is 9.37. The number of imidazole rings is 1. The van der Waals surface area contributed by atoms with Gasteiger partial charge in [-0.3, -0.25) is 18.7 Å². The second-order valence-electron chi connectivity index (χ2n) is 6.87. The molecule has 0 aliphatic heterocycles. The van der Waals surface area contributed by atoms with Crippen LogP contribution in [0, 0.1) is 0 Å². The molecule has 3 aromatic heterocycles. The van der Waals surface area contributed by atoms with E-state index in [4.69, 9.17) is 0 Å². The highest BCUT2D eigenvalue weighted by atomic mass is 32.1. The van der Waals surface area contributed by atoms with Crippen molar-refractivity contribution in [2.75, 3.05) is 5.32 Å². The monoisotopic (exact) mass is 424 g/mol. The number of carbonyl (C=O) groups is 1. The molecule has 3 heterocycles. The zero-order chi connectivity index (χ0) is 21.3. The van der Waals surface area contributed by atoms with Crippen molar-refractivity contribution in [1.82, 2.24) is 23.7 Å². The summed E-state index contributed by atoms with van der Waals surface area (Å²) in [6.07, 6.45) is 2.31. The molecule has 154 valence electrons. The van der Waals surface area contributed by atoms with Crippen LogP contribution in [0.1, 0.15) is 12.8 Å². The molecule has 0 fully saturated rings. The summed E-state index contributed by atoms with van der Waals surface area (Å²) in [6, 6.07) is 9.76. The summed E-state index contributed by atoms with van der Waals surface area (Å²) in [4.78, 5) is 45.4. The third kappa shape index (κ3) is 3.69. The predicted molar refractivity (Wildman–Crippen MR) is 116 cm³/mol. The number of benzene rings is 1. The molecule has 0 bridgehead atoms. The molecule has 9 nitrogen and oxygen atoms in total. The largest absolute Gasteiger partial charge is 0.332 e. The summed E-state index contributed by atoms with van der Waals surface area (Å²) in [5.74, 6) is -0.145. The van der Waals surface area contributed by atoms with Crippen LogP contribution in [0.3, 0.4) is 0 Å². The molecule has 0 aliphatic rings. The van der Waals surface area contributed by atoms with E-state index in [1.165, 1.54) is 29.3 Å². The van der Waals surface area contributed by atoms with Crippen LogP contribution in [0.4, 0.5) is 5.13 Å². The molecule has 30 heavy (non-hydrogen) atoms. The van der Waals surface area contributed by atoms with Crippen molar-refractivity contribution < 1.29 is 4.79 Å². The molecular weight excluding hydrogens is 404 g/mol. The lowest BCUT2D eigenvalue weighted by Gasteiger charge is -2.06. The molecule has 0 unspecified atom stereocenters. The van der Waals surface area contributed by atoms with E-state index in [2.05, 4.69) is 15.3 Å². The van der Waals surface area contributed by atoms with Crippen LogP contribution in [0.15, 0.2) is 51.6 Å². The van der Waals surface area contributed by atoms with Crippen molar-refractivity contribution in [2.24, 2.45) is 14.1 Å². The zero-order valence-corrected chi connectivity index (χ0v) is 17.3. The molecule has 0 saturated carbocycles. The highest BCUT2D eigenvalue weighted by Crippen LogP contribution is 2.24. The van der Waals surface area contributed by atoms with Gasteiger partial charge in [0.2, 0.25) is 5.91 Å². The van der Waals surface area contributed by atoms with Gasteiger partial charge in [-0.15, -0.1) is 11.3 Å². The quantitative estimate of drug-likeness (QED) is 0.510. The zero-order valence-electron chi connectivity index (χ0n) is 16.5. The molecule has 10 heteroatoms. The fraction of sp³-hybridized carbons (Fsp3) is 0.250. The van der Waals surface area contributed by atoms with E-state index in [1.54, 1.807) is 11.6 Å². The number of rotatable bonds is 6. The number of amides is 1. The minimum Gasteiger partial charge on any atom is -0.325 e. The van der Waals surface area contributed by atoms with Gasteiger partial charge in [0, 0.05) is 38.0 Å². The number of nitrogens with zero attached hydrogens (tertiary/aromatic N) is 5. The van der Waals surface area contributed by atoms with E-state index in [-0.39, 0.29) is 12.3 Å². The maximum atomic E-state index is 12.4. The van der Waals surface area contributed by atoms with Crippen LogP contribution >= 0.6 is 11.3 Å². The van der Waals surface area contributed by atoms with E-state index < -0.39 is 11.2 Å². The van der Waals surface area contributed by atoms with E-state index in [1.807, 2.05) is 35.7 Å². The lowest BCUT2D eigenvalue weighted by molar-refractivity contribution is -0.116. The Morgan fingerprint density at radius 1 is 1.13 bits per heavy atom. The van der Waals surface area contributed by atoms with Gasteiger partial charge in [0.25, 0.3) is 5.56 Å². The van der Waals surface area contributed by atoms with Gasteiger partial charge in [0.05, 0.1) is 12.0 Å². The fourth-order valence-electron chi connectivity index (χ4n) is 3.23. The number of fused-ring (bicyclic) bond motifs is 1. The van der Waals surface area contributed by atoms with Crippen LogP contribution in [0.25, 0.3) is 22.4 Å². The maximum absolute atomic E-state index is 12.4. The van der Waals surface area contributed by atoms with E-state index in [9.17, 15) is 14.4 Å². The standard InChI is InChI=1S/C20H20N6O3S/c1-24-17-16(18(28)25(2)20(24)29)26(12-21-17)10-6-9-15(27)23-19-22-14(11-30-19)13-7-4-3-5-8-13/h3-5,7-8,11-12H,6,9-10H2,1-2H3,(H,22,23,27). The smallest absolute Gasteiger partial charge is 0.325 e. The Balaban J connectivity index is 1.39. The Bertz CT molecular complexity index is 1330. The first-order chi connectivity index (χ1) is 14.5. The van der Waals surface area contributed by atoms with Gasteiger partial charge in [0.15, 0.2) is 16.3 Å². The summed E-state index contributed by atoms with van der Waals surface area (Å²) >= 11 is 1.38. The molecule has 1 aromatic carbocycles. The van der Waals surface area contributed by atoms with Crippen LogP contribution < -0.4 is 16.6 Å². The average Bonchev–Trinajstić information content (AvgIpc) is 3.39. The number of aryl methyl sites for hydroxylation is 2. The van der Waals surface area contributed by atoms with Crippen LogP contribution in [-0.4, -0.2) is 29.6 Å². The Morgan fingerprint density at radius 3 is 2.67 bits per heavy atom. The fourth-order valence-corrected chi connectivity index (χ4v) is 3.97. The number of anilines is 1. The van der Waals surface area contributed by atoms with Crippen LogP contribution in [0.5, 0.6) is 0 Å². The van der Waals surface area contributed by atoms with Crippen molar-refractivity contribution in [1.29, 1.82) is 0 Å². The molecule has 0 radical (unpaired) electrons. The molecular formula is C20H20N6O3S. The SMILES string of the molecule is Cn1c(=O)c2c(ncn2CCCC(=O)Nc2nc(-c3ccccc3)cs2)n(C)c1=O. The van der Waals surface area contributed by atoms with Gasteiger partial charge >= 0.3 is 5.69 Å². The summed E-state index contributed by atoms with van der Waals surface area (Å²) in [5.41, 5.74) is 1.69. The highest BCUT2D eigenvalue weighted by molar-refractivity contribution is 7.14. The van der Waals surface area contributed by atoms with Gasteiger partial charge in [-0.2, -0.15) is 0 Å². The molecule has 4 aromatic rings. The first-order valence-corrected chi connectivity index (χ1v) is 10.3. The second-order valence-corrected chi connectivity index (χ2v) is 7.73. The molecule has 0 aliphatic carbocycles. The number of carbonyl (C=O) groups excluding carboxylic acids is 1. The molecule has 0 atom stereocenters. The number of hydrogen-bond acceptors (Lipinski definition) is 6. The molecule has 1 amide bonds. The minimum atomic E-state index is -0.421. The van der Waals surface area contributed by atoms with E-state index in [0.717, 1.165) is 15.8 Å². The Hall–Kier alpha value is -3.53. The van der Waals surface area contributed by atoms with Crippen molar-refractivity contribution in [3.05, 3.63) is 62.9 Å². The topological polar surface area (TPSA) is 104 Å². The molecule has 0 spiro atoms. The summed E-state index contributed by atoms with van der Waals surface area (Å²) in [6.45, 7) is 0.435.